The van der Waals surface area contributed by atoms with Gasteiger partial charge in [0, 0.05) is 11.4 Å². The normalized spacial score (nSPS) is 14.7. The molecule has 1 aliphatic rings. The van der Waals surface area contributed by atoms with Crippen molar-refractivity contribution in [1.29, 1.82) is 0 Å². The highest BCUT2D eigenvalue weighted by Crippen LogP contribution is 2.37. The Labute approximate surface area is 214 Å². The van der Waals surface area contributed by atoms with E-state index in [4.69, 9.17) is 9.84 Å². The molecule has 0 spiro atoms. The number of nitrogens with zero attached hydrogens (tertiary/aromatic N) is 3. The van der Waals surface area contributed by atoms with E-state index in [2.05, 4.69) is 22.5 Å². The average molecular weight is 498 g/mol. The average Bonchev–Trinajstić information content (AvgIpc) is 3.30. The van der Waals surface area contributed by atoms with Crippen LogP contribution in [0.5, 0.6) is 5.75 Å². The number of amides is 1. The number of aromatic nitrogens is 3. The van der Waals surface area contributed by atoms with Gasteiger partial charge in [0.15, 0.2) is 0 Å². The van der Waals surface area contributed by atoms with E-state index < -0.39 is 6.04 Å². The van der Waals surface area contributed by atoms with Crippen LogP contribution < -0.4 is 15.4 Å². The Morgan fingerprint density at radius 2 is 1.72 bits per heavy atom. The second-order valence-corrected chi connectivity index (χ2v) is 9.56. The second-order valence-electron chi connectivity index (χ2n) is 8.33. The Hall–Kier alpha value is -4.04. The van der Waals surface area contributed by atoms with Gasteiger partial charge in [-0.25, -0.2) is 4.68 Å². The van der Waals surface area contributed by atoms with E-state index in [1.807, 2.05) is 91.9 Å². The van der Waals surface area contributed by atoms with Crippen LogP contribution in [0.1, 0.15) is 31.0 Å². The number of hydrogen-bond acceptors (Lipinski definition) is 6. The molecule has 2 heterocycles. The summed E-state index contributed by atoms with van der Waals surface area (Å²) in [7, 11) is 0. The molecule has 1 unspecified atom stereocenters. The summed E-state index contributed by atoms with van der Waals surface area (Å²) in [4.78, 5) is 18.2. The molecular weight excluding hydrogens is 470 g/mol. The number of allylic oxidation sites excluding steroid dienone is 1. The first-order valence-electron chi connectivity index (χ1n) is 11.8. The fourth-order valence-corrected chi connectivity index (χ4v) is 4.69. The van der Waals surface area contributed by atoms with Gasteiger partial charge in [-0.05, 0) is 48.1 Å². The van der Waals surface area contributed by atoms with Crippen LogP contribution in [0, 0.1) is 0 Å². The van der Waals surface area contributed by atoms with Gasteiger partial charge in [-0.15, -0.1) is 5.10 Å². The van der Waals surface area contributed by atoms with Crippen molar-refractivity contribution in [2.75, 3.05) is 16.4 Å². The number of thioether (sulfide) groups is 1. The van der Waals surface area contributed by atoms with Gasteiger partial charge in [0.25, 0.3) is 5.91 Å². The number of hydrogen-bond donors (Lipinski definition) is 2. The Balaban J connectivity index is 1.46. The number of ether oxygens (including phenoxy) is 1. The van der Waals surface area contributed by atoms with Crippen molar-refractivity contribution >= 4 is 29.3 Å². The van der Waals surface area contributed by atoms with Crippen molar-refractivity contribution in [3.8, 4) is 5.75 Å². The van der Waals surface area contributed by atoms with Crippen LogP contribution in [-0.2, 0) is 11.4 Å². The molecular formula is C28H27N5O2S. The summed E-state index contributed by atoms with van der Waals surface area (Å²) in [5, 5.41) is 11.7. The third kappa shape index (κ3) is 5.13. The van der Waals surface area contributed by atoms with Crippen LogP contribution in [0.3, 0.4) is 0 Å². The van der Waals surface area contributed by atoms with Gasteiger partial charge < -0.3 is 15.4 Å². The van der Waals surface area contributed by atoms with Crippen LogP contribution in [-0.4, -0.2) is 26.4 Å². The lowest BCUT2D eigenvalue weighted by atomic mass is 9.95. The Morgan fingerprint density at radius 3 is 2.42 bits per heavy atom. The van der Waals surface area contributed by atoms with E-state index >= 15 is 0 Å². The monoisotopic (exact) mass is 497 g/mol. The van der Waals surface area contributed by atoms with Gasteiger partial charge in [-0.3, -0.25) is 4.79 Å². The van der Waals surface area contributed by atoms with Gasteiger partial charge in [0.2, 0.25) is 11.1 Å². The highest BCUT2D eigenvalue weighted by Gasteiger charge is 2.34. The van der Waals surface area contributed by atoms with Crippen molar-refractivity contribution in [2.24, 2.45) is 0 Å². The highest BCUT2D eigenvalue weighted by atomic mass is 32.2. The minimum absolute atomic E-state index is 0.188. The van der Waals surface area contributed by atoms with Gasteiger partial charge in [0.1, 0.15) is 18.4 Å². The lowest BCUT2D eigenvalue weighted by Crippen LogP contribution is -2.31. The SMILES string of the molecule is CCSc1nc2n(n1)C(c1ccc(OCc3ccccc3)cc1)C(C(=O)Nc1ccccc1)=C(C)N2. The Morgan fingerprint density at radius 1 is 1.03 bits per heavy atom. The summed E-state index contributed by atoms with van der Waals surface area (Å²) in [5.41, 5.74) is 4.08. The number of fused-ring (bicyclic) bond motifs is 1. The fourth-order valence-electron chi connectivity index (χ4n) is 4.13. The first-order chi connectivity index (χ1) is 17.6. The largest absolute Gasteiger partial charge is 0.489 e. The summed E-state index contributed by atoms with van der Waals surface area (Å²) in [5.74, 6) is 2.05. The number of anilines is 2. The van der Waals surface area contributed by atoms with Gasteiger partial charge in [-0.1, -0.05) is 79.3 Å². The zero-order valence-corrected chi connectivity index (χ0v) is 21.0. The van der Waals surface area contributed by atoms with Crippen molar-refractivity contribution in [3.05, 3.63) is 107 Å². The Kier molecular flexibility index (Phi) is 7.04. The molecule has 7 nitrogen and oxygen atoms in total. The van der Waals surface area contributed by atoms with E-state index in [0.29, 0.717) is 23.3 Å². The molecule has 8 heteroatoms. The topological polar surface area (TPSA) is 81.1 Å². The molecule has 182 valence electrons. The van der Waals surface area contributed by atoms with Crippen LogP contribution >= 0.6 is 11.8 Å². The summed E-state index contributed by atoms with van der Waals surface area (Å²) in [6, 6.07) is 26.9. The van der Waals surface area contributed by atoms with Crippen LogP contribution in [0.25, 0.3) is 0 Å². The molecule has 0 aliphatic carbocycles. The molecule has 0 fully saturated rings. The fraction of sp³-hybridized carbons (Fsp3) is 0.179. The number of rotatable bonds is 8. The number of para-hydroxylation sites is 1. The van der Waals surface area contributed by atoms with Crippen molar-refractivity contribution in [1.82, 2.24) is 14.8 Å². The summed E-state index contributed by atoms with van der Waals surface area (Å²) >= 11 is 1.56. The molecule has 3 aromatic carbocycles. The quantitative estimate of drug-likeness (QED) is 0.295. The minimum atomic E-state index is -0.438. The standard InChI is InChI=1S/C28H27N5O2S/c1-3-36-28-31-27-29-19(2)24(26(34)30-22-12-8-5-9-13-22)25(33(27)32-28)21-14-16-23(17-15-21)35-18-20-10-6-4-7-11-20/h4-17,25H,3,18H2,1-2H3,(H,30,34)(H,29,31,32). The molecule has 1 aromatic heterocycles. The molecule has 0 bridgehead atoms. The third-order valence-electron chi connectivity index (χ3n) is 5.83. The number of benzene rings is 3. The molecule has 0 saturated heterocycles. The molecule has 4 aromatic rings. The number of carbonyl (C=O) groups is 1. The Bertz CT molecular complexity index is 1370. The molecule has 1 atom stereocenters. The van der Waals surface area contributed by atoms with E-state index in [1.165, 1.54) is 0 Å². The molecule has 5 rings (SSSR count). The lowest BCUT2D eigenvalue weighted by Gasteiger charge is -2.28. The van der Waals surface area contributed by atoms with Crippen LogP contribution in [0.2, 0.25) is 0 Å². The van der Waals surface area contributed by atoms with E-state index in [0.717, 1.165) is 34.0 Å². The predicted octanol–water partition coefficient (Wildman–Crippen LogP) is 5.90. The maximum absolute atomic E-state index is 13.5. The van der Waals surface area contributed by atoms with Crippen molar-refractivity contribution in [2.45, 2.75) is 31.7 Å². The van der Waals surface area contributed by atoms with Gasteiger partial charge >= 0.3 is 0 Å². The zero-order chi connectivity index (χ0) is 24.9. The highest BCUT2D eigenvalue weighted by molar-refractivity contribution is 7.99. The van der Waals surface area contributed by atoms with Gasteiger partial charge in [-0.2, -0.15) is 4.98 Å². The number of nitrogens with one attached hydrogen (secondary N) is 2. The first-order valence-corrected chi connectivity index (χ1v) is 12.8. The maximum atomic E-state index is 13.5. The zero-order valence-electron chi connectivity index (χ0n) is 20.1. The third-order valence-corrected chi connectivity index (χ3v) is 6.55. The molecule has 0 saturated carbocycles. The second kappa shape index (κ2) is 10.7. The predicted molar refractivity (Wildman–Crippen MR) is 143 cm³/mol. The number of carbonyl (C=O) groups excluding carboxylic acids is 1. The van der Waals surface area contributed by atoms with Crippen molar-refractivity contribution in [3.63, 3.8) is 0 Å². The summed E-state index contributed by atoms with van der Waals surface area (Å²) in [6.07, 6.45) is 0. The minimum Gasteiger partial charge on any atom is -0.489 e. The molecule has 1 aliphatic heterocycles. The molecule has 0 radical (unpaired) electrons. The molecule has 1 amide bonds. The first kappa shape index (κ1) is 23.7. The van der Waals surface area contributed by atoms with Crippen LogP contribution in [0.4, 0.5) is 11.6 Å². The van der Waals surface area contributed by atoms with E-state index in [9.17, 15) is 4.79 Å². The van der Waals surface area contributed by atoms with E-state index in [1.54, 1.807) is 16.4 Å². The summed E-state index contributed by atoms with van der Waals surface area (Å²) in [6.45, 7) is 4.45. The lowest BCUT2D eigenvalue weighted by molar-refractivity contribution is -0.113. The summed E-state index contributed by atoms with van der Waals surface area (Å²) < 4.78 is 7.77. The van der Waals surface area contributed by atoms with Crippen LogP contribution in [0.15, 0.2) is 101 Å². The van der Waals surface area contributed by atoms with E-state index in [-0.39, 0.29) is 5.91 Å². The van der Waals surface area contributed by atoms with Crippen molar-refractivity contribution < 1.29 is 9.53 Å². The smallest absolute Gasteiger partial charge is 0.255 e. The molecule has 36 heavy (non-hydrogen) atoms. The maximum Gasteiger partial charge on any atom is 0.255 e. The van der Waals surface area contributed by atoms with Gasteiger partial charge in [0.05, 0.1) is 5.57 Å². The molecule has 2 N–H and O–H groups in total.